The number of rotatable bonds is 5. The highest BCUT2D eigenvalue weighted by atomic mass is 16.5. The van der Waals surface area contributed by atoms with Crippen LogP contribution in [-0.4, -0.2) is 53.6 Å². The lowest BCUT2D eigenvalue weighted by Crippen LogP contribution is -2.48. The number of aromatic nitrogens is 2. The van der Waals surface area contributed by atoms with E-state index in [-0.39, 0.29) is 0 Å². The second kappa shape index (κ2) is 9.24. The molecule has 1 aliphatic heterocycles. The first kappa shape index (κ1) is 21.9. The Morgan fingerprint density at radius 2 is 1.69 bits per heavy atom. The third-order valence-electron chi connectivity index (χ3n) is 7.52. The van der Waals surface area contributed by atoms with Crippen molar-refractivity contribution in [2.75, 3.05) is 44.2 Å². The fraction of sp³-hybridized carbons (Fsp3) is 0.379. The van der Waals surface area contributed by atoms with Crippen molar-refractivity contribution >= 4 is 22.5 Å². The first-order chi connectivity index (χ1) is 17.2. The molecule has 178 valence electrons. The van der Waals surface area contributed by atoms with Gasteiger partial charge in [-0.2, -0.15) is 5.26 Å². The molecule has 0 amide bonds. The number of imidazole rings is 1. The summed E-state index contributed by atoms with van der Waals surface area (Å²) in [7, 11) is 0. The van der Waals surface area contributed by atoms with Crippen LogP contribution in [-0.2, 0) is 12.8 Å². The van der Waals surface area contributed by atoms with Gasteiger partial charge >= 0.3 is 0 Å². The molecule has 1 saturated heterocycles. The Bertz CT molecular complexity index is 1410. The van der Waals surface area contributed by atoms with E-state index in [9.17, 15) is 5.26 Å². The Hall–Kier alpha value is -3.56. The lowest BCUT2D eigenvalue weighted by molar-refractivity contribution is 0.200. The highest BCUT2D eigenvalue weighted by Gasteiger charge is 2.29. The van der Waals surface area contributed by atoms with Gasteiger partial charge in [-0.3, -0.25) is 9.30 Å². The minimum absolute atomic E-state index is 0.700. The molecule has 0 spiro atoms. The van der Waals surface area contributed by atoms with Crippen molar-refractivity contribution in [1.82, 2.24) is 14.3 Å². The van der Waals surface area contributed by atoms with Crippen molar-refractivity contribution in [3.05, 3.63) is 70.8 Å². The van der Waals surface area contributed by atoms with E-state index in [4.69, 9.17) is 9.72 Å². The third kappa shape index (κ3) is 4.00. The van der Waals surface area contributed by atoms with E-state index < -0.39 is 0 Å². The molecule has 1 aliphatic carbocycles. The quantitative estimate of drug-likeness (QED) is 0.426. The van der Waals surface area contributed by atoms with Crippen molar-refractivity contribution < 1.29 is 4.74 Å². The predicted molar refractivity (Wildman–Crippen MR) is 139 cm³/mol. The van der Waals surface area contributed by atoms with E-state index in [1.165, 1.54) is 28.9 Å². The molecule has 0 saturated carbocycles. The number of anilines is 1. The summed E-state index contributed by atoms with van der Waals surface area (Å²) < 4.78 is 8.24. The average Bonchev–Trinajstić information content (AvgIpc) is 3.28. The number of nitrogens with zero attached hydrogens (tertiary/aromatic N) is 5. The molecule has 6 nitrogen and oxygen atoms in total. The molecular weight excluding hydrogens is 434 g/mol. The van der Waals surface area contributed by atoms with E-state index in [1.807, 2.05) is 18.2 Å². The molecule has 0 atom stereocenters. The third-order valence-corrected chi connectivity index (χ3v) is 7.52. The minimum atomic E-state index is 0.700. The summed E-state index contributed by atoms with van der Waals surface area (Å²) in [5.74, 6) is 2.20. The Morgan fingerprint density at radius 3 is 2.46 bits per heavy atom. The zero-order valence-corrected chi connectivity index (χ0v) is 20.3. The maximum Gasteiger partial charge on any atom is 0.157 e. The molecular formula is C29H31N5O. The molecule has 3 heterocycles. The van der Waals surface area contributed by atoms with Gasteiger partial charge in [0.2, 0.25) is 0 Å². The van der Waals surface area contributed by atoms with Crippen LogP contribution in [0.1, 0.15) is 35.1 Å². The molecule has 2 aliphatic rings. The Morgan fingerprint density at radius 1 is 0.943 bits per heavy atom. The molecule has 0 bridgehead atoms. The van der Waals surface area contributed by atoms with Gasteiger partial charge in [-0.25, -0.2) is 4.98 Å². The van der Waals surface area contributed by atoms with E-state index >= 15 is 0 Å². The van der Waals surface area contributed by atoms with Gasteiger partial charge in [-0.05, 0) is 68.0 Å². The summed E-state index contributed by atoms with van der Waals surface area (Å²) in [5.41, 5.74) is 7.48. The standard InChI is InChI=1S/C29H31N5O/c1-21-10-12-22(13-11-21)35-19-18-32-14-16-33(17-15-32)29-24-7-3-2-6-23(24)25(20-30)28-31-26-8-4-5-9-27(26)34(28)29/h4-5,8-13H,2-3,6-7,14-19H2,1H3. The van der Waals surface area contributed by atoms with Crippen LogP contribution in [0, 0.1) is 18.3 Å². The van der Waals surface area contributed by atoms with Gasteiger partial charge < -0.3 is 9.64 Å². The molecule has 4 aromatic rings. The molecule has 6 heteroatoms. The fourth-order valence-electron chi connectivity index (χ4n) is 5.67. The minimum Gasteiger partial charge on any atom is -0.492 e. The van der Waals surface area contributed by atoms with E-state index in [2.05, 4.69) is 57.5 Å². The second-order valence-electron chi connectivity index (χ2n) is 9.72. The molecule has 2 aromatic heterocycles. The van der Waals surface area contributed by atoms with Gasteiger partial charge in [0.05, 0.1) is 16.6 Å². The number of piperazine rings is 1. The molecule has 2 aromatic carbocycles. The van der Waals surface area contributed by atoms with Crippen LogP contribution < -0.4 is 9.64 Å². The van der Waals surface area contributed by atoms with Crippen LogP contribution in [0.4, 0.5) is 5.82 Å². The average molecular weight is 466 g/mol. The van der Waals surface area contributed by atoms with Crippen molar-refractivity contribution in [2.24, 2.45) is 0 Å². The van der Waals surface area contributed by atoms with E-state index in [1.54, 1.807) is 0 Å². The summed E-state index contributed by atoms with van der Waals surface area (Å²) in [6.45, 7) is 7.65. The van der Waals surface area contributed by atoms with Gasteiger partial charge in [0.25, 0.3) is 0 Å². The van der Waals surface area contributed by atoms with Crippen molar-refractivity contribution in [3.63, 3.8) is 0 Å². The number of hydrogen-bond acceptors (Lipinski definition) is 5. The Balaban J connectivity index is 1.27. The van der Waals surface area contributed by atoms with Crippen molar-refractivity contribution in [2.45, 2.75) is 32.6 Å². The van der Waals surface area contributed by atoms with Crippen molar-refractivity contribution in [3.8, 4) is 11.8 Å². The maximum absolute atomic E-state index is 10.1. The second-order valence-corrected chi connectivity index (χ2v) is 9.72. The molecule has 0 N–H and O–H groups in total. The highest BCUT2D eigenvalue weighted by Crippen LogP contribution is 2.37. The monoisotopic (exact) mass is 465 g/mol. The SMILES string of the molecule is Cc1ccc(OCCN2CCN(c3c4c(c(C#N)c5nc6ccccc6n35)CCCC4)CC2)cc1. The van der Waals surface area contributed by atoms with Gasteiger partial charge in [0, 0.05) is 32.7 Å². The summed E-state index contributed by atoms with van der Waals surface area (Å²) >= 11 is 0. The van der Waals surface area contributed by atoms with Crippen LogP contribution in [0.3, 0.4) is 0 Å². The summed E-state index contributed by atoms with van der Waals surface area (Å²) in [5, 5.41) is 10.1. The fourth-order valence-corrected chi connectivity index (χ4v) is 5.67. The first-order valence-electron chi connectivity index (χ1n) is 12.7. The number of ether oxygens (including phenoxy) is 1. The lowest BCUT2D eigenvalue weighted by Gasteiger charge is -2.38. The van der Waals surface area contributed by atoms with Crippen LogP contribution in [0.15, 0.2) is 48.5 Å². The molecule has 6 rings (SSSR count). The predicted octanol–water partition coefficient (Wildman–Crippen LogP) is 4.75. The highest BCUT2D eigenvalue weighted by molar-refractivity contribution is 5.86. The number of aryl methyl sites for hydroxylation is 1. The van der Waals surface area contributed by atoms with Crippen LogP contribution in [0.2, 0.25) is 0 Å². The van der Waals surface area contributed by atoms with Gasteiger partial charge in [0.15, 0.2) is 5.65 Å². The van der Waals surface area contributed by atoms with Gasteiger partial charge in [-0.1, -0.05) is 29.8 Å². The van der Waals surface area contributed by atoms with Crippen LogP contribution in [0.5, 0.6) is 5.75 Å². The van der Waals surface area contributed by atoms with Gasteiger partial charge in [0.1, 0.15) is 24.2 Å². The number of para-hydroxylation sites is 2. The zero-order chi connectivity index (χ0) is 23.8. The maximum atomic E-state index is 10.1. The normalized spacial score (nSPS) is 16.4. The number of benzene rings is 2. The largest absolute Gasteiger partial charge is 0.492 e. The molecule has 0 unspecified atom stereocenters. The lowest BCUT2D eigenvalue weighted by atomic mass is 9.88. The summed E-state index contributed by atoms with van der Waals surface area (Å²) in [6, 6.07) is 19.1. The summed E-state index contributed by atoms with van der Waals surface area (Å²) in [4.78, 5) is 9.95. The number of pyridine rings is 1. The number of nitriles is 1. The van der Waals surface area contributed by atoms with E-state index in [0.29, 0.717) is 6.61 Å². The number of hydrogen-bond donors (Lipinski definition) is 0. The van der Waals surface area contributed by atoms with Crippen LogP contribution >= 0.6 is 0 Å². The van der Waals surface area contributed by atoms with E-state index in [0.717, 1.165) is 80.0 Å². The van der Waals surface area contributed by atoms with Gasteiger partial charge in [-0.15, -0.1) is 0 Å². The smallest absolute Gasteiger partial charge is 0.157 e. The molecule has 0 radical (unpaired) electrons. The molecule has 35 heavy (non-hydrogen) atoms. The summed E-state index contributed by atoms with van der Waals surface area (Å²) in [6.07, 6.45) is 4.33. The zero-order valence-electron chi connectivity index (χ0n) is 20.3. The number of fused-ring (bicyclic) bond motifs is 4. The Labute approximate surface area is 206 Å². The topological polar surface area (TPSA) is 56.8 Å². The Kier molecular flexibility index (Phi) is 5.79. The van der Waals surface area contributed by atoms with Crippen LogP contribution in [0.25, 0.3) is 16.7 Å². The first-order valence-corrected chi connectivity index (χ1v) is 12.7. The molecule has 1 fully saturated rings. The van der Waals surface area contributed by atoms with Crippen molar-refractivity contribution in [1.29, 1.82) is 5.26 Å².